The van der Waals surface area contributed by atoms with Crippen molar-refractivity contribution in [1.82, 2.24) is 19.5 Å². The van der Waals surface area contributed by atoms with Crippen LogP contribution in [0.15, 0.2) is 73.3 Å². The van der Waals surface area contributed by atoms with Gasteiger partial charge >= 0.3 is 0 Å². The Morgan fingerprint density at radius 1 is 0.857 bits per heavy atom. The second-order valence-corrected chi connectivity index (χ2v) is 6.98. The summed E-state index contributed by atoms with van der Waals surface area (Å²) in [6, 6.07) is 21.5. The van der Waals surface area contributed by atoms with Crippen LogP contribution in [0, 0.1) is 6.92 Å². The summed E-state index contributed by atoms with van der Waals surface area (Å²) < 4.78 is 2.03. The van der Waals surface area contributed by atoms with Crippen LogP contribution >= 0.6 is 0 Å². The van der Waals surface area contributed by atoms with E-state index in [2.05, 4.69) is 82.5 Å². The van der Waals surface area contributed by atoms with E-state index in [0.717, 1.165) is 5.65 Å². The van der Waals surface area contributed by atoms with Gasteiger partial charge in [0.25, 0.3) is 0 Å². The van der Waals surface area contributed by atoms with Gasteiger partial charge in [-0.3, -0.25) is 0 Å². The lowest BCUT2D eigenvalue weighted by Crippen LogP contribution is -2.03. The van der Waals surface area contributed by atoms with Gasteiger partial charge in [0.15, 0.2) is 11.5 Å². The lowest BCUT2D eigenvalue weighted by Gasteiger charge is -2.15. The van der Waals surface area contributed by atoms with E-state index >= 15 is 0 Å². The number of aryl methyl sites for hydroxylation is 1. The quantitative estimate of drug-likeness (QED) is 0.508. The highest BCUT2D eigenvalue weighted by Gasteiger charge is 2.13. The first-order valence-electron chi connectivity index (χ1n) is 9.20. The minimum atomic E-state index is 0.404. The topological polar surface area (TPSA) is 69.6 Å². The van der Waals surface area contributed by atoms with Gasteiger partial charge in [-0.05, 0) is 52.1 Å². The average Bonchev–Trinajstić information content (AvgIpc) is 3.12. The summed E-state index contributed by atoms with van der Waals surface area (Å²) in [6.45, 7) is 2.80. The van der Waals surface area contributed by atoms with Gasteiger partial charge in [0.2, 0.25) is 0 Å². The van der Waals surface area contributed by atoms with Crippen LogP contribution in [0.1, 0.15) is 11.1 Å². The predicted octanol–water partition coefficient (Wildman–Crippen LogP) is 4.59. The van der Waals surface area contributed by atoms with Gasteiger partial charge in [-0.2, -0.15) is 0 Å². The summed E-state index contributed by atoms with van der Waals surface area (Å²) in [5.74, 6) is 0.404. The number of rotatable bonds is 3. The molecule has 5 aromatic rings. The van der Waals surface area contributed by atoms with Crippen LogP contribution in [-0.2, 0) is 6.54 Å². The van der Waals surface area contributed by atoms with E-state index in [1.54, 1.807) is 6.33 Å². The molecule has 2 heterocycles. The van der Waals surface area contributed by atoms with Crippen molar-refractivity contribution in [2.75, 3.05) is 5.73 Å². The van der Waals surface area contributed by atoms with Gasteiger partial charge in [-0.1, -0.05) is 48.5 Å². The zero-order chi connectivity index (χ0) is 19.1. The Morgan fingerprint density at radius 3 is 2.43 bits per heavy atom. The van der Waals surface area contributed by atoms with Crippen molar-refractivity contribution in [3.8, 4) is 11.1 Å². The van der Waals surface area contributed by atoms with Crippen molar-refractivity contribution in [1.29, 1.82) is 0 Å². The van der Waals surface area contributed by atoms with E-state index < -0.39 is 0 Å². The molecule has 0 fully saturated rings. The second-order valence-electron chi connectivity index (χ2n) is 6.98. The van der Waals surface area contributed by atoms with Gasteiger partial charge in [0, 0.05) is 0 Å². The van der Waals surface area contributed by atoms with Crippen molar-refractivity contribution in [3.05, 3.63) is 84.4 Å². The molecule has 0 aliphatic rings. The lowest BCUT2D eigenvalue weighted by molar-refractivity contribution is 0.815. The van der Waals surface area contributed by atoms with Crippen LogP contribution < -0.4 is 5.73 Å². The summed E-state index contributed by atoms with van der Waals surface area (Å²) in [6.07, 6.45) is 3.27. The number of imidazole rings is 1. The standard InChI is InChI=1S/C23H19N5/c1-15-6-2-5-9-19(15)20-11-17-8-4-3-7-16(17)10-18(20)12-28-14-27-21-22(24)25-13-26-23(21)28/h2-11,13-14H,12H2,1H3,(H2,24,25,26). The molecule has 0 saturated heterocycles. The molecular formula is C23H19N5. The number of fused-ring (bicyclic) bond motifs is 2. The Morgan fingerprint density at radius 2 is 1.61 bits per heavy atom. The molecule has 28 heavy (non-hydrogen) atoms. The highest BCUT2D eigenvalue weighted by Crippen LogP contribution is 2.32. The third-order valence-corrected chi connectivity index (χ3v) is 5.18. The molecule has 136 valence electrons. The first-order chi connectivity index (χ1) is 13.7. The van der Waals surface area contributed by atoms with Crippen LogP contribution in [0.5, 0.6) is 0 Å². The van der Waals surface area contributed by atoms with Crippen LogP contribution in [0.2, 0.25) is 0 Å². The summed E-state index contributed by atoms with van der Waals surface area (Å²) >= 11 is 0. The van der Waals surface area contributed by atoms with Crippen molar-refractivity contribution in [2.24, 2.45) is 0 Å². The number of hydrogen-bond acceptors (Lipinski definition) is 4. The number of hydrogen-bond donors (Lipinski definition) is 1. The van der Waals surface area contributed by atoms with E-state index in [1.807, 2.05) is 4.57 Å². The molecule has 0 atom stereocenters. The molecule has 0 aliphatic carbocycles. The Labute approximate surface area is 162 Å². The van der Waals surface area contributed by atoms with Gasteiger partial charge in [-0.15, -0.1) is 0 Å². The Kier molecular flexibility index (Phi) is 3.79. The first kappa shape index (κ1) is 16.4. The Hall–Kier alpha value is -3.73. The molecule has 0 bridgehead atoms. The lowest BCUT2D eigenvalue weighted by atomic mass is 9.93. The predicted molar refractivity (Wildman–Crippen MR) is 113 cm³/mol. The summed E-state index contributed by atoms with van der Waals surface area (Å²) in [4.78, 5) is 12.8. The molecule has 3 aromatic carbocycles. The average molecular weight is 365 g/mol. The van der Waals surface area contributed by atoms with Crippen LogP contribution in [0.4, 0.5) is 5.82 Å². The van der Waals surface area contributed by atoms with E-state index in [1.165, 1.54) is 39.4 Å². The molecular weight excluding hydrogens is 346 g/mol. The van der Waals surface area contributed by atoms with E-state index in [9.17, 15) is 0 Å². The van der Waals surface area contributed by atoms with Crippen LogP contribution in [-0.4, -0.2) is 19.5 Å². The number of anilines is 1. The molecule has 5 rings (SSSR count). The van der Waals surface area contributed by atoms with Gasteiger partial charge in [-0.25, -0.2) is 15.0 Å². The number of nitrogens with zero attached hydrogens (tertiary/aromatic N) is 4. The smallest absolute Gasteiger partial charge is 0.165 e. The zero-order valence-corrected chi connectivity index (χ0v) is 15.5. The first-order valence-corrected chi connectivity index (χ1v) is 9.20. The summed E-state index contributed by atoms with van der Waals surface area (Å²) in [5, 5.41) is 2.44. The van der Waals surface area contributed by atoms with E-state index in [4.69, 9.17) is 5.73 Å². The zero-order valence-electron chi connectivity index (χ0n) is 15.5. The molecule has 5 nitrogen and oxygen atoms in total. The highest BCUT2D eigenvalue weighted by atomic mass is 15.1. The largest absolute Gasteiger partial charge is 0.382 e. The van der Waals surface area contributed by atoms with Crippen molar-refractivity contribution >= 4 is 27.8 Å². The molecule has 0 amide bonds. The molecule has 0 saturated carbocycles. The fourth-order valence-electron chi connectivity index (χ4n) is 3.74. The maximum Gasteiger partial charge on any atom is 0.165 e. The molecule has 0 spiro atoms. The SMILES string of the molecule is Cc1ccccc1-c1cc2ccccc2cc1Cn1cnc2c(N)ncnc21. The molecule has 0 unspecified atom stereocenters. The second kappa shape index (κ2) is 6.46. The number of benzene rings is 3. The van der Waals surface area contributed by atoms with Crippen molar-refractivity contribution in [2.45, 2.75) is 13.5 Å². The monoisotopic (exact) mass is 365 g/mol. The van der Waals surface area contributed by atoms with Crippen molar-refractivity contribution < 1.29 is 0 Å². The molecule has 5 heteroatoms. The fraction of sp³-hybridized carbons (Fsp3) is 0.0870. The Bertz CT molecular complexity index is 1320. The van der Waals surface area contributed by atoms with Crippen LogP contribution in [0.25, 0.3) is 33.1 Å². The van der Waals surface area contributed by atoms with Crippen LogP contribution in [0.3, 0.4) is 0 Å². The van der Waals surface area contributed by atoms with Gasteiger partial charge in [0.1, 0.15) is 11.8 Å². The minimum absolute atomic E-state index is 0.404. The summed E-state index contributed by atoms with van der Waals surface area (Å²) in [7, 11) is 0. The number of nitrogens with two attached hydrogens (primary N) is 1. The van der Waals surface area contributed by atoms with Gasteiger partial charge < -0.3 is 10.3 Å². The maximum absolute atomic E-state index is 5.95. The van der Waals surface area contributed by atoms with E-state index in [0.29, 0.717) is 17.9 Å². The van der Waals surface area contributed by atoms with E-state index in [-0.39, 0.29) is 0 Å². The molecule has 2 aromatic heterocycles. The molecule has 0 aliphatic heterocycles. The molecule has 2 N–H and O–H groups in total. The number of nitrogen functional groups attached to an aromatic ring is 1. The maximum atomic E-state index is 5.95. The number of aromatic nitrogens is 4. The summed E-state index contributed by atoms with van der Waals surface area (Å²) in [5.41, 5.74) is 12.3. The third kappa shape index (κ3) is 2.68. The highest BCUT2D eigenvalue weighted by molar-refractivity contribution is 5.90. The normalized spacial score (nSPS) is 11.3. The minimum Gasteiger partial charge on any atom is -0.382 e. The Balaban J connectivity index is 1.72. The van der Waals surface area contributed by atoms with Gasteiger partial charge in [0.05, 0.1) is 12.9 Å². The third-order valence-electron chi connectivity index (χ3n) is 5.18. The fourth-order valence-corrected chi connectivity index (χ4v) is 3.74. The molecule has 0 radical (unpaired) electrons. The van der Waals surface area contributed by atoms with Crippen molar-refractivity contribution in [3.63, 3.8) is 0 Å².